The number of H-pyrrole nitrogens is 6. The van der Waals surface area contributed by atoms with Gasteiger partial charge in [-0.2, -0.15) is 40.6 Å². The number of rotatable bonds is 15. The topological polar surface area (TPSA) is 632 Å². The van der Waals surface area contributed by atoms with Crippen molar-refractivity contribution in [3.63, 3.8) is 0 Å². The van der Waals surface area contributed by atoms with Gasteiger partial charge in [0, 0.05) is 110 Å². The normalized spacial score (nSPS) is 12.2. The predicted octanol–water partition coefficient (Wildman–Crippen LogP) is 17.4. The molecule has 6 aromatic carbocycles. The van der Waals surface area contributed by atoms with Gasteiger partial charge in [0.25, 0.3) is 5.56 Å². The molecule has 1 saturated carbocycles. The highest BCUT2D eigenvalue weighted by Crippen LogP contribution is 2.45. The number of halogens is 1. The molecule has 1 amide bonds. The van der Waals surface area contributed by atoms with E-state index in [9.17, 15) is 39.2 Å². The van der Waals surface area contributed by atoms with Crippen LogP contribution in [0.3, 0.4) is 0 Å². The third kappa shape index (κ3) is 17.9. The van der Waals surface area contributed by atoms with Crippen LogP contribution in [0.1, 0.15) is 131 Å². The molecule has 1 aliphatic carbocycles. The molecule has 0 spiro atoms. The Labute approximate surface area is 831 Å². The SMILES string of the molecule is CC(=O)Nc1ccc2[nH]c(-c3nn(C(C)C)c4nc[nH]c(=O)c34)cc2c1.CC(=O)n1c(-c2nn(CC(C)C)c3ncnc(N)c23)cc2cccc(O)c21.CC(C)n1c(-c2[nH]nc3ncnc(N)c23)cc2cc(O)ccc21.CC(C)n1nc(-c2cc3cc(O)ccc3[nH]2)c2c(N)ncnc21.COc1nc(N)nc2c1c(-c1cc3cc(F)ccc3[nH]1)nn2C(C)C.Nc1ncnc2c1c(-c1cc3cc(O)ccc3[nH]1)nn2C1CC1. The van der Waals surface area contributed by atoms with Gasteiger partial charge in [0.05, 0.1) is 86.4 Å². The van der Waals surface area contributed by atoms with Gasteiger partial charge in [-0.05, 0) is 208 Å². The minimum atomic E-state index is -0.288. The lowest BCUT2D eigenvalue weighted by Gasteiger charge is -2.14. The number of fused-ring (bicyclic) bond motifs is 12. The summed E-state index contributed by atoms with van der Waals surface area (Å²) in [7, 11) is 1.53. The largest absolute Gasteiger partial charge is 0.508 e. The number of nitrogens with zero attached hydrogens (tertiary/aromatic N) is 24. The van der Waals surface area contributed by atoms with Gasteiger partial charge in [-0.1, -0.05) is 26.0 Å². The molecule has 1 fully saturated rings. The van der Waals surface area contributed by atoms with E-state index in [1.807, 2.05) is 130 Å². The number of methoxy groups -OCH3 is 1. The molecule has 24 aromatic rings. The number of ether oxygens (including phenoxy) is 1. The second kappa shape index (κ2) is 38.0. The quantitative estimate of drug-likeness (QED) is 0.0453. The molecule has 45 heteroatoms. The number of hydrogen-bond acceptors (Lipinski definition) is 30. The van der Waals surface area contributed by atoms with E-state index in [4.69, 9.17) is 43.6 Å². The van der Waals surface area contributed by atoms with Crippen LogP contribution in [0, 0.1) is 11.7 Å². The fraction of sp³-hybridized carbons (Fsp3) is 0.216. The molecule has 147 heavy (non-hydrogen) atoms. The molecule has 18 heterocycles. The number of anilines is 6. The van der Waals surface area contributed by atoms with Crippen molar-refractivity contribution in [3.05, 3.63) is 193 Å². The first kappa shape index (κ1) is 95.3. The standard InChI is InChI=1S/C19H20N6O2.C18H18N6O2.C17H17FN6O.C16H14N6O.2C16H16N6O/c1-10(2)8-24-19-15(18(20)21-9-22-19)16(23-24)13-7-12-5-4-6-14(27)17(12)25(13)11(3)26;1-9(2)24-17-15(18(26)20-8-19-17)16(23-24)14-7-11-6-12(21-10(3)25)4-5-13(11)22-14;1-8(2)24-15-13(16(25-3)22-17(19)21-15)14(23-24)12-7-9-6-10(18)4-5-11(9)20-12;17-15-13-14(12-6-8-5-10(23)3-4-11(8)20-12)21-22(9-1-2-9)16(13)19-7-18-15;1-8(2)22-11-4-3-10(23)5-9(11)6-12(22)14-13-15(17)18-7-19-16(13)21-20-14;1-8(2)22-16-13(15(17)18-7-19-16)14(21-22)12-6-9-5-10(23)3-4-11(9)20-12/h4-7,9-10,27H,8H2,1-3H3,(H2,20,21,22);4-9,22H,1-3H3,(H,21,25)(H,19,20,26);4-8,20H,1-3H3,(H2,19,21,22);3-7,9,20,23H,1-2H2,(H2,17,18,19);3-8,23H,1-2H3,(H3,17,18,19,20,21);3-8,20,23H,1-2H3,(H2,17,18,19). The number of carbonyl (C=O) groups is 2. The number of phenolic OH excluding ortho intramolecular Hbond substituents is 4. The smallest absolute Gasteiger partial charge is 0.262 e. The van der Waals surface area contributed by atoms with Gasteiger partial charge in [0.2, 0.25) is 23.6 Å². The van der Waals surface area contributed by atoms with E-state index >= 15 is 0 Å². The van der Waals surface area contributed by atoms with E-state index in [1.165, 1.54) is 69.3 Å². The average molecular weight is 1980 g/mol. The number of aromatic amines is 6. The Balaban J connectivity index is 0.000000107. The molecule has 1 aliphatic rings. The number of hydrogen-bond donors (Lipinski definition) is 16. The van der Waals surface area contributed by atoms with E-state index in [1.54, 1.807) is 68.6 Å². The third-order valence-corrected chi connectivity index (χ3v) is 24.8. The molecule has 0 unspecified atom stereocenters. The molecule has 0 aliphatic heterocycles. The lowest BCUT2D eigenvalue weighted by Crippen LogP contribution is -2.09. The summed E-state index contributed by atoms with van der Waals surface area (Å²) in [5, 5.41) is 81.9. The molecule has 0 atom stereocenters. The highest BCUT2D eigenvalue weighted by molar-refractivity contribution is 6.08. The first-order chi connectivity index (χ1) is 70.6. The molecule has 18 aromatic heterocycles. The zero-order valence-corrected chi connectivity index (χ0v) is 81.7. The average Bonchev–Trinajstić information content (AvgIpc) is 1.60. The molecule has 744 valence electrons. The third-order valence-electron chi connectivity index (χ3n) is 24.8. The number of nitrogen functional groups attached to an aromatic ring is 5. The number of aromatic hydroxyl groups is 4. The van der Waals surface area contributed by atoms with Crippen LogP contribution in [-0.2, 0) is 11.3 Å². The van der Waals surface area contributed by atoms with Crippen molar-refractivity contribution in [1.82, 2.24) is 148 Å². The number of para-hydroxylation sites is 1. The molecule has 0 radical (unpaired) electrons. The maximum absolute atomic E-state index is 13.5. The van der Waals surface area contributed by atoms with Crippen molar-refractivity contribution in [3.8, 4) is 97.2 Å². The number of nitrogens with two attached hydrogens (primary N) is 5. The van der Waals surface area contributed by atoms with Crippen LogP contribution in [0.15, 0.2) is 182 Å². The van der Waals surface area contributed by atoms with Gasteiger partial charge < -0.3 is 88.6 Å². The molecule has 44 nitrogen and oxygen atoms in total. The van der Waals surface area contributed by atoms with E-state index < -0.39 is 0 Å². The van der Waals surface area contributed by atoms with Crippen molar-refractivity contribution in [1.29, 1.82) is 0 Å². The van der Waals surface area contributed by atoms with Crippen LogP contribution in [0.2, 0.25) is 0 Å². The number of aromatic nitrogens is 30. The van der Waals surface area contributed by atoms with Crippen molar-refractivity contribution in [2.45, 2.75) is 133 Å². The minimum absolute atomic E-state index is 0.0316. The summed E-state index contributed by atoms with van der Waals surface area (Å²) in [5.74, 6) is 2.43. The Morgan fingerprint density at radius 2 is 0.966 bits per heavy atom. The summed E-state index contributed by atoms with van der Waals surface area (Å²) >= 11 is 0. The van der Waals surface area contributed by atoms with E-state index in [0.29, 0.717) is 137 Å². The van der Waals surface area contributed by atoms with Crippen LogP contribution in [0.4, 0.5) is 39.3 Å². The number of benzene rings is 6. The lowest BCUT2D eigenvalue weighted by atomic mass is 10.2. The summed E-state index contributed by atoms with van der Waals surface area (Å²) in [6, 6.07) is 43.4. The van der Waals surface area contributed by atoms with E-state index in [-0.39, 0.29) is 76.3 Å². The van der Waals surface area contributed by atoms with E-state index in [2.05, 4.69) is 143 Å². The van der Waals surface area contributed by atoms with Crippen molar-refractivity contribution in [2.75, 3.05) is 41.1 Å². The Morgan fingerprint density at radius 3 is 1.53 bits per heavy atom. The van der Waals surface area contributed by atoms with Crippen LogP contribution in [-0.4, -0.2) is 187 Å². The Morgan fingerprint density at radius 1 is 0.476 bits per heavy atom. The van der Waals surface area contributed by atoms with E-state index in [0.717, 1.165) is 129 Å². The number of carbonyl (C=O) groups excluding carboxylic acids is 2. The lowest BCUT2D eigenvalue weighted by molar-refractivity contribution is -0.114. The first-order valence-electron chi connectivity index (χ1n) is 47.1. The van der Waals surface area contributed by atoms with Crippen LogP contribution in [0.25, 0.3) is 200 Å². The number of nitrogens with one attached hydrogen (secondary N) is 7. The molecule has 0 bridgehead atoms. The molecule has 0 saturated heterocycles. The summed E-state index contributed by atoms with van der Waals surface area (Å²) in [4.78, 5) is 98.3. The van der Waals surface area contributed by atoms with Gasteiger partial charge in [0.15, 0.2) is 33.9 Å². The Kier molecular flexibility index (Phi) is 24.6. The summed E-state index contributed by atoms with van der Waals surface area (Å²) < 4.78 is 31.6. The highest BCUT2D eigenvalue weighted by Gasteiger charge is 2.33. The maximum atomic E-state index is 13.5. The Bertz CT molecular complexity index is 9190. The van der Waals surface area contributed by atoms with Crippen LogP contribution >= 0.6 is 0 Å². The zero-order chi connectivity index (χ0) is 103. The van der Waals surface area contributed by atoms with Crippen molar-refractivity contribution >= 4 is 178 Å². The minimum Gasteiger partial charge on any atom is -0.508 e. The van der Waals surface area contributed by atoms with Gasteiger partial charge >= 0.3 is 0 Å². The molecule has 21 N–H and O–H groups in total. The van der Waals surface area contributed by atoms with Crippen LogP contribution in [0.5, 0.6) is 28.9 Å². The van der Waals surface area contributed by atoms with Crippen LogP contribution < -0.4 is 44.3 Å². The summed E-state index contributed by atoms with van der Waals surface area (Å²) in [6.45, 7) is 24.0. The number of amides is 1. The van der Waals surface area contributed by atoms with Crippen molar-refractivity contribution < 1.29 is 39.1 Å². The summed E-state index contributed by atoms with van der Waals surface area (Å²) in [6.07, 6.45) is 9.35. The second-order valence-corrected chi connectivity index (χ2v) is 37.1. The number of phenols is 4. The van der Waals surface area contributed by atoms with Gasteiger partial charge in [-0.25, -0.2) is 72.7 Å². The molecular weight excluding hydrogens is 1880 g/mol. The van der Waals surface area contributed by atoms with Crippen molar-refractivity contribution in [2.24, 2.45) is 5.92 Å². The maximum Gasteiger partial charge on any atom is 0.262 e. The molecule has 25 rings (SSSR count). The predicted molar refractivity (Wildman–Crippen MR) is 563 cm³/mol. The fourth-order valence-corrected chi connectivity index (χ4v) is 18.3. The second-order valence-electron chi connectivity index (χ2n) is 37.1. The summed E-state index contributed by atoms with van der Waals surface area (Å²) in [5.41, 5.74) is 48.0. The van der Waals surface area contributed by atoms with Gasteiger partial charge in [-0.3, -0.25) is 24.0 Å². The fourth-order valence-electron chi connectivity index (χ4n) is 18.3. The molecular formula is C102H101FN36O8. The van der Waals surface area contributed by atoms with Gasteiger partial charge in [0.1, 0.15) is 117 Å². The zero-order valence-electron chi connectivity index (χ0n) is 81.7. The Hall–Kier alpha value is -19.3. The monoisotopic (exact) mass is 1980 g/mol. The van der Waals surface area contributed by atoms with Gasteiger partial charge in [-0.15, -0.1) is 0 Å². The highest BCUT2D eigenvalue weighted by atomic mass is 19.1. The first-order valence-corrected chi connectivity index (χ1v) is 47.1.